The van der Waals surface area contributed by atoms with Crippen LogP contribution in [0.15, 0.2) is 18.2 Å². The molecule has 0 aliphatic heterocycles. The molecule has 1 saturated carbocycles. The van der Waals surface area contributed by atoms with Crippen molar-refractivity contribution in [2.75, 3.05) is 0 Å². The van der Waals surface area contributed by atoms with Crippen molar-refractivity contribution in [3.05, 3.63) is 35.4 Å². The van der Waals surface area contributed by atoms with Crippen molar-refractivity contribution in [3.63, 3.8) is 0 Å². The van der Waals surface area contributed by atoms with E-state index in [1.54, 1.807) is 0 Å². The summed E-state index contributed by atoms with van der Waals surface area (Å²) in [7, 11) is 0. The minimum Gasteiger partial charge on any atom is -0.393 e. The van der Waals surface area contributed by atoms with Gasteiger partial charge in [0.15, 0.2) is 0 Å². The van der Waals surface area contributed by atoms with E-state index in [0.717, 1.165) is 24.5 Å². The van der Waals surface area contributed by atoms with E-state index in [4.69, 9.17) is 0 Å². The highest BCUT2D eigenvalue weighted by Crippen LogP contribution is 2.29. The predicted octanol–water partition coefficient (Wildman–Crippen LogP) is 3.84. The molecule has 1 aromatic carbocycles. The summed E-state index contributed by atoms with van der Waals surface area (Å²) in [5.41, 5.74) is 0.272. The molecular weight excluding hydrogens is 234 g/mol. The van der Waals surface area contributed by atoms with Gasteiger partial charge in [-0.25, -0.2) is 8.78 Å². The molecule has 100 valence electrons. The van der Waals surface area contributed by atoms with Gasteiger partial charge in [-0.15, -0.1) is 0 Å². The molecule has 0 amide bonds. The third kappa shape index (κ3) is 3.77. The molecule has 1 fully saturated rings. The Balaban J connectivity index is 1.82. The van der Waals surface area contributed by atoms with Crippen molar-refractivity contribution in [1.82, 2.24) is 0 Å². The SMILES string of the molecule is OC(CCC1CCCC1)Cc1cc(F)ccc1F. The zero-order valence-corrected chi connectivity index (χ0v) is 10.5. The normalized spacial score (nSPS) is 18.2. The second-order valence-corrected chi connectivity index (χ2v) is 5.32. The Kier molecular flexibility index (Phi) is 4.70. The molecule has 1 atom stereocenters. The van der Waals surface area contributed by atoms with Gasteiger partial charge < -0.3 is 5.11 Å². The maximum atomic E-state index is 13.4. The van der Waals surface area contributed by atoms with Crippen LogP contribution in [-0.4, -0.2) is 11.2 Å². The van der Waals surface area contributed by atoms with Gasteiger partial charge in [-0.1, -0.05) is 25.7 Å². The van der Waals surface area contributed by atoms with Crippen molar-refractivity contribution in [2.45, 2.75) is 51.0 Å². The van der Waals surface area contributed by atoms with Crippen LogP contribution in [0.25, 0.3) is 0 Å². The number of aliphatic hydroxyl groups is 1. The molecule has 18 heavy (non-hydrogen) atoms. The van der Waals surface area contributed by atoms with E-state index < -0.39 is 17.7 Å². The minimum atomic E-state index is -0.568. The smallest absolute Gasteiger partial charge is 0.126 e. The fraction of sp³-hybridized carbons (Fsp3) is 0.600. The highest BCUT2D eigenvalue weighted by atomic mass is 19.1. The minimum absolute atomic E-state index is 0.205. The molecular formula is C15H20F2O. The zero-order valence-electron chi connectivity index (χ0n) is 10.5. The molecule has 3 heteroatoms. The Morgan fingerprint density at radius 3 is 2.67 bits per heavy atom. The van der Waals surface area contributed by atoms with Crippen molar-refractivity contribution in [3.8, 4) is 0 Å². The first-order valence-corrected chi connectivity index (χ1v) is 6.77. The van der Waals surface area contributed by atoms with Crippen molar-refractivity contribution in [2.24, 2.45) is 5.92 Å². The lowest BCUT2D eigenvalue weighted by atomic mass is 9.96. The van der Waals surface area contributed by atoms with Crippen LogP contribution in [0.5, 0.6) is 0 Å². The first-order chi connectivity index (χ1) is 8.65. The van der Waals surface area contributed by atoms with Crippen LogP contribution < -0.4 is 0 Å². The van der Waals surface area contributed by atoms with Crippen LogP contribution in [0, 0.1) is 17.6 Å². The van der Waals surface area contributed by atoms with Crippen LogP contribution in [0.3, 0.4) is 0 Å². The first kappa shape index (κ1) is 13.5. The summed E-state index contributed by atoms with van der Waals surface area (Å²) < 4.78 is 26.4. The second kappa shape index (κ2) is 6.28. The fourth-order valence-corrected chi connectivity index (χ4v) is 2.78. The molecule has 0 saturated heterocycles. The van der Waals surface area contributed by atoms with E-state index >= 15 is 0 Å². The number of rotatable bonds is 5. The molecule has 0 radical (unpaired) electrons. The highest BCUT2D eigenvalue weighted by molar-refractivity contribution is 5.19. The van der Waals surface area contributed by atoms with E-state index in [9.17, 15) is 13.9 Å². The van der Waals surface area contributed by atoms with Crippen LogP contribution in [0.1, 0.15) is 44.1 Å². The Labute approximate surface area is 107 Å². The number of hydrogen-bond donors (Lipinski definition) is 1. The Morgan fingerprint density at radius 2 is 1.94 bits per heavy atom. The third-order valence-electron chi connectivity index (χ3n) is 3.85. The Morgan fingerprint density at radius 1 is 1.22 bits per heavy atom. The van der Waals surface area contributed by atoms with Gasteiger partial charge in [0.1, 0.15) is 11.6 Å². The van der Waals surface area contributed by atoms with E-state index in [-0.39, 0.29) is 12.0 Å². The summed E-state index contributed by atoms with van der Waals surface area (Å²) in [4.78, 5) is 0. The summed E-state index contributed by atoms with van der Waals surface area (Å²) in [6.45, 7) is 0. The molecule has 1 unspecified atom stereocenters. The third-order valence-corrected chi connectivity index (χ3v) is 3.85. The van der Waals surface area contributed by atoms with Gasteiger partial charge in [-0.05, 0) is 42.5 Å². The van der Waals surface area contributed by atoms with Crippen LogP contribution >= 0.6 is 0 Å². The van der Waals surface area contributed by atoms with E-state index in [1.165, 1.54) is 31.7 Å². The van der Waals surface area contributed by atoms with E-state index in [2.05, 4.69) is 0 Å². The molecule has 1 aromatic rings. The van der Waals surface area contributed by atoms with Gasteiger partial charge in [-0.2, -0.15) is 0 Å². The average molecular weight is 254 g/mol. The lowest BCUT2D eigenvalue weighted by Gasteiger charge is -2.14. The van der Waals surface area contributed by atoms with Gasteiger partial charge in [0.2, 0.25) is 0 Å². The highest BCUT2D eigenvalue weighted by Gasteiger charge is 2.17. The summed E-state index contributed by atoms with van der Waals surface area (Å²) in [6, 6.07) is 3.40. The molecule has 1 nitrogen and oxygen atoms in total. The second-order valence-electron chi connectivity index (χ2n) is 5.32. The quantitative estimate of drug-likeness (QED) is 0.846. The van der Waals surface area contributed by atoms with Crippen LogP contribution in [0.4, 0.5) is 8.78 Å². The van der Waals surface area contributed by atoms with E-state index in [0.29, 0.717) is 6.42 Å². The predicted molar refractivity (Wildman–Crippen MR) is 67.3 cm³/mol. The summed E-state index contributed by atoms with van der Waals surface area (Å²) in [5.74, 6) is -0.164. The lowest BCUT2D eigenvalue weighted by Crippen LogP contribution is -2.13. The molecule has 0 spiro atoms. The molecule has 1 aliphatic rings. The Hall–Kier alpha value is -0.960. The maximum absolute atomic E-state index is 13.4. The topological polar surface area (TPSA) is 20.2 Å². The Bertz CT molecular complexity index is 386. The van der Waals surface area contributed by atoms with Gasteiger partial charge in [0.25, 0.3) is 0 Å². The zero-order chi connectivity index (χ0) is 13.0. The van der Waals surface area contributed by atoms with Crippen molar-refractivity contribution in [1.29, 1.82) is 0 Å². The van der Waals surface area contributed by atoms with Gasteiger partial charge in [0, 0.05) is 6.42 Å². The molecule has 0 bridgehead atoms. The van der Waals surface area contributed by atoms with Crippen LogP contribution in [0.2, 0.25) is 0 Å². The summed E-state index contributed by atoms with van der Waals surface area (Å²) >= 11 is 0. The summed E-state index contributed by atoms with van der Waals surface area (Å²) in [5, 5.41) is 9.89. The average Bonchev–Trinajstić information content (AvgIpc) is 2.84. The standard InChI is InChI=1S/C15H20F2O/c16-13-6-8-15(17)12(9-13)10-14(18)7-5-11-3-1-2-4-11/h6,8-9,11,14,18H,1-5,7,10H2. The largest absolute Gasteiger partial charge is 0.393 e. The van der Waals surface area contributed by atoms with Gasteiger partial charge >= 0.3 is 0 Å². The van der Waals surface area contributed by atoms with Gasteiger partial charge in [-0.3, -0.25) is 0 Å². The van der Waals surface area contributed by atoms with Crippen molar-refractivity contribution < 1.29 is 13.9 Å². The maximum Gasteiger partial charge on any atom is 0.126 e. The monoisotopic (exact) mass is 254 g/mol. The van der Waals surface area contributed by atoms with E-state index in [1.807, 2.05) is 0 Å². The number of halogens is 2. The fourth-order valence-electron chi connectivity index (χ4n) is 2.78. The lowest BCUT2D eigenvalue weighted by molar-refractivity contribution is 0.153. The first-order valence-electron chi connectivity index (χ1n) is 6.77. The number of benzene rings is 1. The number of aliphatic hydroxyl groups excluding tert-OH is 1. The molecule has 1 N–H and O–H groups in total. The number of hydrogen-bond acceptors (Lipinski definition) is 1. The molecule has 0 heterocycles. The van der Waals surface area contributed by atoms with Gasteiger partial charge in [0.05, 0.1) is 6.10 Å². The molecule has 1 aliphatic carbocycles. The molecule has 2 rings (SSSR count). The van der Waals surface area contributed by atoms with Crippen molar-refractivity contribution >= 4 is 0 Å². The summed E-state index contributed by atoms with van der Waals surface area (Å²) in [6.07, 6.45) is 6.40. The molecule has 0 aromatic heterocycles. The van der Waals surface area contributed by atoms with Crippen LogP contribution in [-0.2, 0) is 6.42 Å².